The van der Waals surface area contributed by atoms with Crippen molar-refractivity contribution in [2.24, 2.45) is 17.8 Å². The van der Waals surface area contributed by atoms with Crippen LogP contribution >= 0.6 is 0 Å². The second-order valence-electron chi connectivity index (χ2n) is 9.10. The Morgan fingerprint density at radius 1 is 1.19 bits per heavy atom. The molecule has 0 aromatic carbocycles. The van der Waals surface area contributed by atoms with E-state index in [1.54, 1.807) is 5.57 Å². The summed E-state index contributed by atoms with van der Waals surface area (Å²) in [7, 11) is 0. The summed E-state index contributed by atoms with van der Waals surface area (Å²) in [5.74, 6) is 1.32. The first-order valence-electron chi connectivity index (χ1n) is 11.5. The van der Waals surface area contributed by atoms with E-state index in [0.29, 0.717) is 17.9 Å². The molecule has 0 saturated heterocycles. The third-order valence-corrected chi connectivity index (χ3v) is 6.34. The van der Waals surface area contributed by atoms with E-state index >= 15 is 0 Å². The van der Waals surface area contributed by atoms with Gasteiger partial charge in [0.1, 0.15) is 0 Å². The molecule has 0 heterocycles. The number of fused-ring (bicyclic) bond motifs is 1. The highest BCUT2D eigenvalue weighted by molar-refractivity contribution is 5.20. The number of hydrogen-bond donors (Lipinski definition) is 3. The average Bonchev–Trinajstić information content (AvgIpc) is 3.12. The molecule has 156 valence electrons. The summed E-state index contributed by atoms with van der Waals surface area (Å²) < 4.78 is 0. The van der Waals surface area contributed by atoms with E-state index < -0.39 is 0 Å². The van der Waals surface area contributed by atoms with Gasteiger partial charge in [0.2, 0.25) is 0 Å². The van der Waals surface area contributed by atoms with Crippen LogP contribution in [0.5, 0.6) is 0 Å². The molecule has 5 atom stereocenters. The Kier molecular flexibility index (Phi) is 10.1. The summed E-state index contributed by atoms with van der Waals surface area (Å²) in [5, 5.41) is 24.1. The first-order chi connectivity index (χ1) is 13.0. The van der Waals surface area contributed by atoms with Gasteiger partial charge in [-0.25, -0.2) is 0 Å². The molecule has 0 unspecified atom stereocenters. The molecule has 0 radical (unpaired) electrons. The van der Waals surface area contributed by atoms with E-state index in [9.17, 15) is 10.2 Å². The summed E-state index contributed by atoms with van der Waals surface area (Å²) >= 11 is 0. The zero-order valence-electron chi connectivity index (χ0n) is 17.9. The van der Waals surface area contributed by atoms with Crippen molar-refractivity contribution in [3.8, 4) is 0 Å². The minimum Gasteiger partial charge on any atom is -0.392 e. The van der Waals surface area contributed by atoms with Crippen LogP contribution in [0.1, 0.15) is 85.0 Å². The van der Waals surface area contributed by atoms with Crippen molar-refractivity contribution in [3.05, 3.63) is 23.8 Å². The lowest BCUT2D eigenvalue weighted by molar-refractivity contribution is 0.139. The molecule has 3 N–H and O–H groups in total. The normalized spacial score (nSPS) is 28.9. The molecule has 1 saturated carbocycles. The van der Waals surface area contributed by atoms with Crippen molar-refractivity contribution in [2.45, 2.75) is 103 Å². The lowest BCUT2D eigenvalue weighted by atomic mass is 9.88. The highest BCUT2D eigenvalue weighted by atomic mass is 16.3. The van der Waals surface area contributed by atoms with Gasteiger partial charge in [0.15, 0.2) is 0 Å². The van der Waals surface area contributed by atoms with Gasteiger partial charge < -0.3 is 15.5 Å². The van der Waals surface area contributed by atoms with Crippen LogP contribution in [0.4, 0.5) is 0 Å². The highest BCUT2D eigenvalue weighted by Crippen LogP contribution is 2.48. The lowest BCUT2D eigenvalue weighted by Crippen LogP contribution is -2.23. The second kappa shape index (κ2) is 12.0. The van der Waals surface area contributed by atoms with Crippen molar-refractivity contribution in [1.29, 1.82) is 0 Å². The van der Waals surface area contributed by atoms with Crippen LogP contribution in [0, 0.1) is 17.8 Å². The standard InChI is InChI=1S/C24H43NO2/c1-4-5-7-11-21(26)12-13-22-23-16-19(15-20(23)17-24(22)27)10-8-6-9-14-25-18(2)3/h12-13,15,18,20-27H,4-11,14,16-17H2,1-3H3/b13-12+/t20-,21-,22+,23-,24+/m0/s1. The Morgan fingerprint density at radius 2 is 2.00 bits per heavy atom. The van der Waals surface area contributed by atoms with Gasteiger partial charge in [-0.1, -0.05) is 70.3 Å². The third-order valence-electron chi connectivity index (χ3n) is 6.34. The number of allylic oxidation sites excluding steroid dienone is 2. The van der Waals surface area contributed by atoms with E-state index in [-0.39, 0.29) is 18.1 Å². The maximum atomic E-state index is 10.5. The minimum absolute atomic E-state index is 0.222. The first-order valence-corrected chi connectivity index (χ1v) is 11.5. The van der Waals surface area contributed by atoms with Gasteiger partial charge in [0.05, 0.1) is 12.2 Å². The smallest absolute Gasteiger partial charge is 0.0721 e. The van der Waals surface area contributed by atoms with Gasteiger partial charge in [-0.3, -0.25) is 0 Å². The molecule has 2 rings (SSSR count). The third kappa shape index (κ3) is 7.71. The van der Waals surface area contributed by atoms with E-state index in [4.69, 9.17) is 0 Å². The number of rotatable bonds is 13. The molecule has 27 heavy (non-hydrogen) atoms. The van der Waals surface area contributed by atoms with Gasteiger partial charge >= 0.3 is 0 Å². The predicted molar refractivity (Wildman–Crippen MR) is 115 cm³/mol. The van der Waals surface area contributed by atoms with Crippen molar-refractivity contribution in [1.82, 2.24) is 5.32 Å². The summed E-state index contributed by atoms with van der Waals surface area (Å²) in [6.07, 6.45) is 17.3. The number of nitrogens with one attached hydrogen (secondary N) is 1. The maximum Gasteiger partial charge on any atom is 0.0721 e. The molecular weight excluding hydrogens is 334 g/mol. The number of hydrogen-bond acceptors (Lipinski definition) is 3. The fourth-order valence-corrected chi connectivity index (χ4v) is 4.79. The molecule has 3 heteroatoms. The van der Waals surface area contributed by atoms with Crippen LogP contribution in [0.25, 0.3) is 0 Å². The van der Waals surface area contributed by atoms with Crippen molar-refractivity contribution in [2.75, 3.05) is 6.54 Å². The highest BCUT2D eigenvalue weighted by Gasteiger charge is 2.43. The number of unbranched alkanes of at least 4 members (excludes halogenated alkanes) is 4. The Hall–Kier alpha value is -0.640. The van der Waals surface area contributed by atoms with Crippen LogP contribution in [-0.2, 0) is 0 Å². The Morgan fingerprint density at radius 3 is 2.74 bits per heavy atom. The van der Waals surface area contributed by atoms with Crippen LogP contribution in [0.2, 0.25) is 0 Å². The van der Waals surface area contributed by atoms with Crippen LogP contribution in [0.3, 0.4) is 0 Å². The van der Waals surface area contributed by atoms with Gasteiger partial charge in [-0.05, 0) is 56.9 Å². The van der Waals surface area contributed by atoms with Crippen molar-refractivity contribution >= 4 is 0 Å². The zero-order chi connectivity index (χ0) is 19.6. The van der Waals surface area contributed by atoms with E-state index in [1.165, 1.54) is 38.5 Å². The summed E-state index contributed by atoms with van der Waals surface area (Å²) in [6.45, 7) is 7.71. The lowest BCUT2D eigenvalue weighted by Gasteiger charge is -2.19. The molecule has 0 bridgehead atoms. The summed E-state index contributed by atoms with van der Waals surface area (Å²) in [5.41, 5.74) is 1.61. The Bertz CT molecular complexity index is 471. The molecule has 0 amide bonds. The summed E-state index contributed by atoms with van der Waals surface area (Å²) in [4.78, 5) is 0. The quantitative estimate of drug-likeness (QED) is 0.313. The molecule has 1 fully saturated rings. The van der Waals surface area contributed by atoms with Crippen molar-refractivity contribution < 1.29 is 10.2 Å². The molecule has 3 nitrogen and oxygen atoms in total. The summed E-state index contributed by atoms with van der Waals surface area (Å²) in [6, 6.07) is 0.587. The van der Waals surface area contributed by atoms with Gasteiger partial charge in [-0.15, -0.1) is 0 Å². The van der Waals surface area contributed by atoms with Gasteiger partial charge in [0.25, 0.3) is 0 Å². The number of aliphatic hydroxyl groups is 2. The minimum atomic E-state index is -0.351. The molecule has 2 aliphatic rings. The van der Waals surface area contributed by atoms with Crippen molar-refractivity contribution in [3.63, 3.8) is 0 Å². The zero-order valence-corrected chi connectivity index (χ0v) is 17.9. The second-order valence-corrected chi connectivity index (χ2v) is 9.10. The molecule has 2 aliphatic carbocycles. The average molecular weight is 378 g/mol. The van der Waals surface area contributed by atoms with E-state index in [0.717, 1.165) is 32.2 Å². The molecular formula is C24H43NO2. The van der Waals surface area contributed by atoms with Gasteiger partial charge in [-0.2, -0.15) is 0 Å². The molecule has 0 spiro atoms. The molecule has 0 aliphatic heterocycles. The predicted octanol–water partition coefficient (Wildman–Crippen LogP) is 4.99. The van der Waals surface area contributed by atoms with E-state index in [1.807, 2.05) is 6.08 Å². The number of aliphatic hydroxyl groups excluding tert-OH is 2. The maximum absolute atomic E-state index is 10.5. The van der Waals surface area contributed by atoms with Crippen LogP contribution in [0.15, 0.2) is 23.8 Å². The topological polar surface area (TPSA) is 52.5 Å². The monoisotopic (exact) mass is 377 g/mol. The van der Waals surface area contributed by atoms with E-state index in [2.05, 4.69) is 38.2 Å². The first kappa shape index (κ1) is 22.6. The SMILES string of the molecule is CCCCC[C@H](O)/C=C/[C@@H]1[C@H]2CC(CCCCCNC(C)C)=C[C@H]2C[C@H]1O. The van der Waals surface area contributed by atoms with Crippen LogP contribution < -0.4 is 5.32 Å². The largest absolute Gasteiger partial charge is 0.392 e. The Labute approximate surface area is 167 Å². The molecule has 0 aromatic rings. The molecule has 0 aromatic heterocycles. The Balaban J connectivity index is 1.70. The van der Waals surface area contributed by atoms with Gasteiger partial charge in [0, 0.05) is 12.0 Å². The van der Waals surface area contributed by atoms with Crippen LogP contribution in [-0.4, -0.2) is 35.0 Å². The fourth-order valence-electron chi connectivity index (χ4n) is 4.79. The fraction of sp³-hybridized carbons (Fsp3) is 0.833.